The third-order valence-electron chi connectivity index (χ3n) is 7.45. The number of carbonyl (C=O) groups is 1. The van der Waals surface area contributed by atoms with Crippen LogP contribution in [0.1, 0.15) is 75.5 Å². The van der Waals surface area contributed by atoms with Crippen molar-refractivity contribution in [3.63, 3.8) is 0 Å². The molecule has 1 saturated carbocycles. The smallest absolute Gasteiger partial charge is 0.318 e. The highest BCUT2D eigenvalue weighted by Crippen LogP contribution is 2.41. The van der Waals surface area contributed by atoms with Crippen molar-refractivity contribution in [1.82, 2.24) is 9.36 Å². The summed E-state index contributed by atoms with van der Waals surface area (Å²) >= 11 is 0. The van der Waals surface area contributed by atoms with Gasteiger partial charge in [-0.3, -0.25) is 14.3 Å². The zero-order valence-electron chi connectivity index (χ0n) is 19.7. The number of benzene rings is 1. The summed E-state index contributed by atoms with van der Waals surface area (Å²) in [6.45, 7) is 11.5. The van der Waals surface area contributed by atoms with E-state index in [0.29, 0.717) is 30.5 Å². The highest BCUT2D eigenvalue weighted by Gasteiger charge is 2.40. The normalized spacial score (nSPS) is 17.5. The molecule has 0 atom stereocenters. The van der Waals surface area contributed by atoms with Crippen LogP contribution < -0.4 is 10.3 Å². The van der Waals surface area contributed by atoms with E-state index in [2.05, 4.69) is 19.1 Å². The fraction of sp³-hybridized carbons (Fsp3) is 0.615. The second-order valence-corrected chi connectivity index (χ2v) is 10.2. The van der Waals surface area contributed by atoms with Crippen molar-refractivity contribution in [2.45, 2.75) is 92.7 Å². The lowest BCUT2D eigenvalue weighted by molar-refractivity contribution is -0.148. The summed E-state index contributed by atoms with van der Waals surface area (Å²) in [6, 6.07) is 4.20. The maximum Gasteiger partial charge on any atom is 0.318 e. The van der Waals surface area contributed by atoms with Crippen LogP contribution in [0.15, 0.2) is 16.9 Å². The van der Waals surface area contributed by atoms with Gasteiger partial charge >= 0.3 is 5.97 Å². The molecule has 0 amide bonds. The zero-order valence-corrected chi connectivity index (χ0v) is 19.7. The van der Waals surface area contributed by atoms with E-state index < -0.39 is 5.41 Å². The number of aromatic nitrogens is 2. The summed E-state index contributed by atoms with van der Waals surface area (Å²) in [5.74, 6) is 0.554. The third kappa shape index (κ3) is 3.88. The Morgan fingerprint density at radius 1 is 0.903 bits per heavy atom. The number of hydrogen-bond acceptors (Lipinski definition) is 3. The Bertz CT molecular complexity index is 1030. The number of hydrogen-bond donors (Lipinski definition) is 0. The number of aryl methyl sites for hydroxylation is 3. The van der Waals surface area contributed by atoms with Gasteiger partial charge in [0.1, 0.15) is 5.56 Å². The molecule has 4 rings (SSSR count). The largest absolute Gasteiger partial charge is 0.407 e. The number of esters is 1. The molecule has 0 spiro atoms. The van der Waals surface area contributed by atoms with Gasteiger partial charge in [-0.15, -0.1) is 0 Å². The van der Waals surface area contributed by atoms with E-state index in [9.17, 15) is 9.59 Å². The quantitative estimate of drug-likeness (QED) is 0.605. The zero-order chi connectivity index (χ0) is 22.3. The van der Waals surface area contributed by atoms with Crippen LogP contribution >= 0.6 is 0 Å². The summed E-state index contributed by atoms with van der Waals surface area (Å²) in [4.78, 5) is 27.0. The van der Waals surface area contributed by atoms with Crippen molar-refractivity contribution in [2.75, 3.05) is 0 Å². The molecule has 0 saturated heterocycles. The van der Waals surface area contributed by atoms with Crippen molar-refractivity contribution in [2.24, 2.45) is 11.3 Å². The van der Waals surface area contributed by atoms with Gasteiger partial charge < -0.3 is 4.74 Å². The molecule has 5 nitrogen and oxygen atoms in total. The number of ether oxygens (including phenoxy) is 1. The van der Waals surface area contributed by atoms with Crippen molar-refractivity contribution in [3.05, 3.63) is 39.2 Å². The molecule has 2 aromatic rings. The first kappa shape index (κ1) is 21.9. The summed E-state index contributed by atoms with van der Waals surface area (Å²) in [7, 11) is 0. The van der Waals surface area contributed by atoms with Gasteiger partial charge in [0.25, 0.3) is 5.56 Å². The molecule has 1 aromatic heterocycles. The maximum atomic E-state index is 13.5. The van der Waals surface area contributed by atoms with Crippen LogP contribution in [-0.2, 0) is 17.9 Å². The van der Waals surface area contributed by atoms with Crippen LogP contribution in [0.4, 0.5) is 0 Å². The van der Waals surface area contributed by atoms with Crippen LogP contribution in [0.25, 0.3) is 11.1 Å². The van der Waals surface area contributed by atoms with Gasteiger partial charge in [-0.05, 0) is 82.9 Å². The average Bonchev–Trinajstić information content (AvgIpc) is 3.00. The van der Waals surface area contributed by atoms with Crippen LogP contribution in [0.3, 0.4) is 0 Å². The Morgan fingerprint density at radius 2 is 1.48 bits per heavy atom. The standard InChI is InChI=1S/C26H36N2O3/c1-17-15-18(2)21(19(3)16-17)22-23(29)27-13-9-10-14-28(27)24(22)31-25(30)26(4,5)20-11-7-6-8-12-20/h15-16,20H,6-14H2,1-5H3. The molecule has 0 N–H and O–H groups in total. The minimum atomic E-state index is -0.567. The summed E-state index contributed by atoms with van der Waals surface area (Å²) in [5, 5.41) is 0. The van der Waals surface area contributed by atoms with E-state index >= 15 is 0 Å². The minimum Gasteiger partial charge on any atom is -0.407 e. The van der Waals surface area contributed by atoms with Crippen LogP contribution in [0.5, 0.6) is 5.88 Å². The molecule has 2 heterocycles. The summed E-state index contributed by atoms with van der Waals surface area (Å²) in [6.07, 6.45) is 7.69. The molecule has 1 fully saturated rings. The Balaban J connectivity index is 1.81. The molecule has 168 valence electrons. The molecule has 1 aliphatic heterocycles. The number of fused-ring (bicyclic) bond motifs is 1. The highest BCUT2D eigenvalue weighted by molar-refractivity contribution is 5.82. The minimum absolute atomic E-state index is 0.0481. The topological polar surface area (TPSA) is 53.2 Å². The molecule has 1 aliphatic carbocycles. The van der Waals surface area contributed by atoms with Gasteiger partial charge in [-0.2, -0.15) is 0 Å². The predicted molar refractivity (Wildman–Crippen MR) is 124 cm³/mol. The number of nitrogens with zero attached hydrogens (tertiary/aromatic N) is 2. The predicted octanol–water partition coefficient (Wildman–Crippen LogP) is 5.55. The van der Waals surface area contributed by atoms with Gasteiger partial charge in [0.2, 0.25) is 5.88 Å². The van der Waals surface area contributed by atoms with E-state index in [-0.39, 0.29) is 11.5 Å². The molecule has 1 aromatic carbocycles. The lowest BCUT2D eigenvalue weighted by Crippen LogP contribution is -2.38. The molecular formula is C26H36N2O3. The fourth-order valence-electron chi connectivity index (χ4n) is 5.64. The average molecular weight is 425 g/mol. The van der Waals surface area contributed by atoms with Gasteiger partial charge in [0.15, 0.2) is 0 Å². The first-order valence-corrected chi connectivity index (χ1v) is 11.9. The SMILES string of the molecule is Cc1cc(C)c(-c2c(OC(=O)C(C)(C)C3CCCCC3)n3n(c2=O)CCCC3)c(C)c1. The molecule has 0 unspecified atom stereocenters. The molecule has 5 heteroatoms. The molecule has 0 radical (unpaired) electrons. The van der Waals surface area contributed by atoms with Crippen molar-refractivity contribution in [1.29, 1.82) is 0 Å². The van der Waals surface area contributed by atoms with E-state index in [1.807, 2.05) is 32.4 Å². The van der Waals surface area contributed by atoms with Crippen LogP contribution in [0.2, 0.25) is 0 Å². The van der Waals surface area contributed by atoms with Gasteiger partial charge in [0, 0.05) is 13.1 Å². The number of carbonyl (C=O) groups excluding carboxylic acids is 1. The van der Waals surface area contributed by atoms with E-state index in [0.717, 1.165) is 42.4 Å². The Morgan fingerprint density at radius 3 is 2.10 bits per heavy atom. The first-order chi connectivity index (χ1) is 14.7. The second-order valence-electron chi connectivity index (χ2n) is 10.2. The number of rotatable bonds is 4. The van der Waals surface area contributed by atoms with Gasteiger partial charge in [-0.25, -0.2) is 4.68 Å². The second kappa shape index (κ2) is 8.33. The summed E-state index contributed by atoms with van der Waals surface area (Å²) < 4.78 is 9.86. The van der Waals surface area contributed by atoms with E-state index in [1.165, 1.54) is 24.8 Å². The molecule has 31 heavy (non-hydrogen) atoms. The molecular weight excluding hydrogens is 388 g/mol. The monoisotopic (exact) mass is 424 g/mol. The van der Waals surface area contributed by atoms with Crippen molar-refractivity contribution in [3.8, 4) is 17.0 Å². The van der Waals surface area contributed by atoms with Crippen LogP contribution in [-0.4, -0.2) is 15.3 Å². The molecule has 0 bridgehead atoms. The molecule has 2 aliphatic rings. The van der Waals surface area contributed by atoms with Crippen molar-refractivity contribution >= 4 is 5.97 Å². The maximum absolute atomic E-state index is 13.5. The van der Waals surface area contributed by atoms with Crippen molar-refractivity contribution < 1.29 is 9.53 Å². The third-order valence-corrected chi connectivity index (χ3v) is 7.45. The van der Waals surface area contributed by atoms with Gasteiger partial charge in [-0.1, -0.05) is 37.0 Å². The fourth-order valence-corrected chi connectivity index (χ4v) is 5.64. The van der Waals surface area contributed by atoms with E-state index in [4.69, 9.17) is 4.74 Å². The Labute approximate surface area is 185 Å². The van der Waals surface area contributed by atoms with E-state index in [1.54, 1.807) is 4.68 Å². The summed E-state index contributed by atoms with van der Waals surface area (Å²) in [5.41, 5.74) is 4.09. The Kier molecular flexibility index (Phi) is 5.89. The van der Waals surface area contributed by atoms with Crippen LogP contribution in [0, 0.1) is 32.1 Å². The lowest BCUT2D eigenvalue weighted by Gasteiger charge is -2.35. The van der Waals surface area contributed by atoms with Gasteiger partial charge in [0.05, 0.1) is 5.41 Å². The first-order valence-electron chi connectivity index (χ1n) is 11.9. The lowest BCUT2D eigenvalue weighted by atomic mass is 9.71. The highest BCUT2D eigenvalue weighted by atomic mass is 16.5. The Hall–Kier alpha value is -2.30.